The first-order valence-corrected chi connectivity index (χ1v) is 9.25. The molecule has 2 rings (SSSR count). The first-order valence-electron chi connectivity index (χ1n) is 7.01. The van der Waals surface area contributed by atoms with Crippen LogP contribution in [-0.4, -0.2) is 20.9 Å². The van der Waals surface area contributed by atoms with Crippen LogP contribution in [-0.2, 0) is 14.8 Å². The summed E-state index contributed by atoms with van der Waals surface area (Å²) in [6.07, 6.45) is 0. The minimum atomic E-state index is -3.86. The van der Waals surface area contributed by atoms with E-state index in [-0.39, 0.29) is 14.9 Å². The molecule has 0 bridgehead atoms. The molecule has 0 heterocycles. The number of amides is 1. The van der Waals surface area contributed by atoms with E-state index in [4.69, 9.17) is 23.2 Å². The Morgan fingerprint density at radius 3 is 2.33 bits per heavy atom. The highest BCUT2D eigenvalue weighted by atomic mass is 35.5. The zero-order chi connectivity index (χ0) is 17.9. The predicted octanol–water partition coefficient (Wildman–Crippen LogP) is 3.53. The SMILES string of the molecule is Cc1ccc(NC(=O)CNS(=O)(=O)c2ccc(Cl)c(Cl)c2)cc1C. The Morgan fingerprint density at radius 1 is 1.00 bits per heavy atom. The van der Waals surface area contributed by atoms with E-state index in [0.29, 0.717) is 5.69 Å². The van der Waals surface area contributed by atoms with Crippen LogP contribution in [0.25, 0.3) is 0 Å². The molecule has 0 spiro atoms. The van der Waals surface area contributed by atoms with Crippen molar-refractivity contribution in [2.24, 2.45) is 0 Å². The van der Waals surface area contributed by atoms with Crippen LogP contribution in [0.1, 0.15) is 11.1 Å². The third kappa shape index (κ3) is 4.70. The number of carbonyl (C=O) groups is 1. The van der Waals surface area contributed by atoms with Crippen LogP contribution >= 0.6 is 23.2 Å². The zero-order valence-electron chi connectivity index (χ0n) is 13.1. The Labute approximate surface area is 151 Å². The third-order valence-corrected chi connectivity index (χ3v) is 5.55. The van der Waals surface area contributed by atoms with Crippen molar-refractivity contribution in [3.63, 3.8) is 0 Å². The van der Waals surface area contributed by atoms with Gasteiger partial charge < -0.3 is 5.32 Å². The molecular formula is C16H16Cl2N2O3S. The Morgan fingerprint density at radius 2 is 1.71 bits per heavy atom. The molecule has 1 amide bonds. The van der Waals surface area contributed by atoms with E-state index in [1.54, 1.807) is 6.07 Å². The standard InChI is InChI=1S/C16H16Cl2N2O3S/c1-10-3-4-12(7-11(10)2)20-16(21)9-19-24(22,23)13-5-6-14(17)15(18)8-13/h3-8,19H,9H2,1-2H3,(H,20,21). The van der Waals surface area contributed by atoms with Crippen molar-refractivity contribution in [1.29, 1.82) is 0 Å². The van der Waals surface area contributed by atoms with Gasteiger partial charge in [-0.2, -0.15) is 0 Å². The van der Waals surface area contributed by atoms with Crippen LogP contribution in [0.15, 0.2) is 41.3 Å². The molecule has 0 saturated heterocycles. The Balaban J connectivity index is 2.01. The number of nitrogens with one attached hydrogen (secondary N) is 2. The van der Waals surface area contributed by atoms with Crippen LogP contribution in [0.4, 0.5) is 5.69 Å². The highest BCUT2D eigenvalue weighted by Gasteiger charge is 2.17. The van der Waals surface area contributed by atoms with E-state index < -0.39 is 22.5 Å². The molecule has 5 nitrogen and oxygen atoms in total. The lowest BCUT2D eigenvalue weighted by molar-refractivity contribution is -0.115. The van der Waals surface area contributed by atoms with Gasteiger partial charge in [-0.15, -0.1) is 0 Å². The predicted molar refractivity (Wildman–Crippen MR) is 96.2 cm³/mol. The topological polar surface area (TPSA) is 75.3 Å². The smallest absolute Gasteiger partial charge is 0.241 e. The molecular weight excluding hydrogens is 371 g/mol. The number of benzene rings is 2. The molecule has 24 heavy (non-hydrogen) atoms. The van der Waals surface area contributed by atoms with Gasteiger partial charge in [0.05, 0.1) is 21.5 Å². The maximum Gasteiger partial charge on any atom is 0.241 e. The van der Waals surface area contributed by atoms with E-state index in [9.17, 15) is 13.2 Å². The number of carbonyl (C=O) groups excluding carboxylic acids is 1. The molecule has 0 aliphatic rings. The fourth-order valence-electron chi connectivity index (χ4n) is 1.91. The van der Waals surface area contributed by atoms with Crippen molar-refractivity contribution >= 4 is 44.8 Å². The molecule has 0 fully saturated rings. The molecule has 0 radical (unpaired) electrons. The van der Waals surface area contributed by atoms with E-state index in [0.717, 1.165) is 11.1 Å². The Bertz CT molecular complexity index is 883. The molecule has 0 saturated carbocycles. The maximum atomic E-state index is 12.2. The van der Waals surface area contributed by atoms with Crippen molar-refractivity contribution < 1.29 is 13.2 Å². The lowest BCUT2D eigenvalue weighted by atomic mass is 10.1. The molecule has 8 heteroatoms. The molecule has 0 aliphatic heterocycles. The van der Waals surface area contributed by atoms with Gasteiger partial charge in [-0.05, 0) is 55.3 Å². The van der Waals surface area contributed by atoms with Gasteiger partial charge in [0.1, 0.15) is 0 Å². The number of aryl methyl sites for hydroxylation is 2. The van der Waals surface area contributed by atoms with Gasteiger partial charge in [0.25, 0.3) is 0 Å². The highest BCUT2D eigenvalue weighted by Crippen LogP contribution is 2.24. The Kier molecular flexibility index (Phi) is 5.87. The van der Waals surface area contributed by atoms with Crippen molar-refractivity contribution in [1.82, 2.24) is 4.72 Å². The number of halogens is 2. The van der Waals surface area contributed by atoms with Crippen molar-refractivity contribution in [3.05, 3.63) is 57.6 Å². The number of anilines is 1. The summed E-state index contributed by atoms with van der Waals surface area (Å²) in [5, 5.41) is 3.02. The van der Waals surface area contributed by atoms with Gasteiger partial charge in [-0.3, -0.25) is 4.79 Å². The summed E-state index contributed by atoms with van der Waals surface area (Å²) >= 11 is 11.6. The summed E-state index contributed by atoms with van der Waals surface area (Å²) in [5.41, 5.74) is 2.74. The summed E-state index contributed by atoms with van der Waals surface area (Å²) in [6, 6.07) is 9.39. The van der Waals surface area contributed by atoms with Crippen molar-refractivity contribution in [2.75, 3.05) is 11.9 Å². The maximum absolute atomic E-state index is 12.2. The number of hydrogen-bond donors (Lipinski definition) is 2. The third-order valence-electron chi connectivity index (χ3n) is 3.41. The van der Waals surface area contributed by atoms with Crippen molar-refractivity contribution in [2.45, 2.75) is 18.7 Å². The fraction of sp³-hybridized carbons (Fsp3) is 0.188. The van der Waals surface area contributed by atoms with E-state index >= 15 is 0 Å². The average Bonchev–Trinajstić information content (AvgIpc) is 2.52. The first-order chi connectivity index (χ1) is 11.2. The normalized spacial score (nSPS) is 11.3. The lowest BCUT2D eigenvalue weighted by Crippen LogP contribution is -2.32. The molecule has 2 aromatic carbocycles. The van der Waals surface area contributed by atoms with Gasteiger partial charge in [-0.25, -0.2) is 13.1 Å². The summed E-state index contributed by atoms with van der Waals surface area (Å²) < 4.78 is 26.5. The molecule has 0 aromatic heterocycles. The summed E-state index contributed by atoms with van der Waals surface area (Å²) in [6.45, 7) is 3.50. The minimum absolute atomic E-state index is 0.0594. The van der Waals surface area contributed by atoms with Crippen LogP contribution in [0.3, 0.4) is 0 Å². The van der Waals surface area contributed by atoms with Crippen LogP contribution in [0, 0.1) is 13.8 Å². The molecule has 0 aliphatic carbocycles. The fourth-order valence-corrected chi connectivity index (χ4v) is 3.28. The monoisotopic (exact) mass is 386 g/mol. The molecule has 128 valence electrons. The van der Waals surface area contributed by atoms with E-state index in [2.05, 4.69) is 10.0 Å². The Hall–Kier alpha value is -1.60. The lowest BCUT2D eigenvalue weighted by Gasteiger charge is -2.09. The second kappa shape index (κ2) is 7.53. The van der Waals surface area contributed by atoms with E-state index in [1.807, 2.05) is 26.0 Å². The van der Waals surface area contributed by atoms with Gasteiger partial charge in [0.15, 0.2) is 0 Å². The number of rotatable bonds is 5. The summed E-state index contributed by atoms with van der Waals surface area (Å²) in [5.74, 6) is -0.470. The van der Waals surface area contributed by atoms with Crippen LogP contribution < -0.4 is 10.0 Å². The quantitative estimate of drug-likeness (QED) is 0.824. The van der Waals surface area contributed by atoms with Crippen LogP contribution in [0.5, 0.6) is 0 Å². The molecule has 2 aromatic rings. The summed E-state index contributed by atoms with van der Waals surface area (Å²) in [7, 11) is -3.86. The van der Waals surface area contributed by atoms with E-state index in [1.165, 1.54) is 18.2 Å². The first kappa shape index (κ1) is 18.7. The van der Waals surface area contributed by atoms with Crippen LogP contribution in [0.2, 0.25) is 10.0 Å². The second-order valence-electron chi connectivity index (χ2n) is 5.25. The molecule has 0 unspecified atom stereocenters. The number of hydrogen-bond acceptors (Lipinski definition) is 3. The second-order valence-corrected chi connectivity index (χ2v) is 7.83. The largest absolute Gasteiger partial charge is 0.325 e. The molecule has 2 N–H and O–H groups in total. The van der Waals surface area contributed by atoms with Gasteiger partial charge in [-0.1, -0.05) is 29.3 Å². The molecule has 0 atom stereocenters. The average molecular weight is 387 g/mol. The zero-order valence-corrected chi connectivity index (χ0v) is 15.4. The van der Waals surface area contributed by atoms with Gasteiger partial charge in [0, 0.05) is 5.69 Å². The summed E-state index contributed by atoms with van der Waals surface area (Å²) in [4.78, 5) is 11.9. The van der Waals surface area contributed by atoms with Gasteiger partial charge in [0.2, 0.25) is 15.9 Å². The highest BCUT2D eigenvalue weighted by molar-refractivity contribution is 7.89. The number of sulfonamides is 1. The van der Waals surface area contributed by atoms with Crippen molar-refractivity contribution in [3.8, 4) is 0 Å². The van der Waals surface area contributed by atoms with Gasteiger partial charge >= 0.3 is 0 Å². The minimum Gasteiger partial charge on any atom is -0.325 e.